The standard InChI is InChI=1S/C11H16N2O3/c1-7-3-4-13(10(7)11(14)15)6-9-5-8(2)16-12-9/h5,7,10H,3-4,6H2,1-2H3,(H,14,15). The van der Waals surface area contributed by atoms with E-state index >= 15 is 0 Å². The number of rotatable bonds is 3. The first-order chi connectivity index (χ1) is 7.58. The summed E-state index contributed by atoms with van der Waals surface area (Å²) in [4.78, 5) is 13.1. The molecule has 0 radical (unpaired) electrons. The van der Waals surface area contributed by atoms with Crippen LogP contribution in [0.2, 0.25) is 0 Å². The lowest BCUT2D eigenvalue weighted by atomic mass is 10.0. The summed E-state index contributed by atoms with van der Waals surface area (Å²) in [6, 6.07) is 1.46. The van der Waals surface area contributed by atoms with Gasteiger partial charge in [0.2, 0.25) is 0 Å². The zero-order valence-corrected chi connectivity index (χ0v) is 9.51. The molecule has 5 nitrogen and oxygen atoms in total. The van der Waals surface area contributed by atoms with Gasteiger partial charge in [-0.2, -0.15) is 0 Å². The van der Waals surface area contributed by atoms with E-state index in [1.54, 1.807) is 0 Å². The average Bonchev–Trinajstić information content (AvgIpc) is 2.74. The molecular weight excluding hydrogens is 208 g/mol. The minimum Gasteiger partial charge on any atom is -0.480 e. The molecule has 2 rings (SSSR count). The van der Waals surface area contributed by atoms with Crippen LogP contribution in [0.4, 0.5) is 0 Å². The molecule has 0 aliphatic carbocycles. The fourth-order valence-corrected chi connectivity index (χ4v) is 2.30. The van der Waals surface area contributed by atoms with Crippen molar-refractivity contribution in [3.8, 4) is 0 Å². The first-order valence-electron chi connectivity index (χ1n) is 5.47. The Morgan fingerprint density at radius 2 is 2.50 bits per heavy atom. The van der Waals surface area contributed by atoms with Gasteiger partial charge in [-0.3, -0.25) is 9.69 Å². The molecule has 5 heteroatoms. The Morgan fingerprint density at radius 3 is 3.06 bits per heavy atom. The molecule has 1 aromatic heterocycles. The zero-order valence-electron chi connectivity index (χ0n) is 9.51. The number of hydrogen-bond donors (Lipinski definition) is 1. The maximum atomic E-state index is 11.1. The van der Waals surface area contributed by atoms with E-state index in [9.17, 15) is 4.79 Å². The number of aryl methyl sites for hydroxylation is 1. The minimum absolute atomic E-state index is 0.200. The van der Waals surface area contributed by atoms with E-state index in [4.69, 9.17) is 9.63 Å². The summed E-state index contributed by atoms with van der Waals surface area (Å²) in [5, 5.41) is 13.0. The highest BCUT2D eigenvalue weighted by atomic mass is 16.5. The summed E-state index contributed by atoms with van der Waals surface area (Å²) in [5.74, 6) is 0.213. The average molecular weight is 224 g/mol. The van der Waals surface area contributed by atoms with Crippen molar-refractivity contribution >= 4 is 5.97 Å². The molecule has 0 bridgehead atoms. The number of aliphatic carboxylic acids is 1. The lowest BCUT2D eigenvalue weighted by Crippen LogP contribution is -2.38. The van der Waals surface area contributed by atoms with Crippen LogP contribution >= 0.6 is 0 Å². The van der Waals surface area contributed by atoms with Gasteiger partial charge in [-0.1, -0.05) is 12.1 Å². The minimum atomic E-state index is -0.745. The molecule has 1 N–H and O–H groups in total. The normalized spacial score (nSPS) is 26.1. The van der Waals surface area contributed by atoms with Gasteiger partial charge >= 0.3 is 5.97 Å². The second-order valence-corrected chi connectivity index (χ2v) is 4.45. The van der Waals surface area contributed by atoms with Crippen LogP contribution in [0.1, 0.15) is 24.8 Å². The molecule has 1 aliphatic rings. The van der Waals surface area contributed by atoms with E-state index in [2.05, 4.69) is 5.16 Å². The van der Waals surface area contributed by atoms with Crippen LogP contribution in [-0.2, 0) is 11.3 Å². The highest BCUT2D eigenvalue weighted by molar-refractivity contribution is 5.74. The molecule has 0 aromatic carbocycles. The summed E-state index contributed by atoms with van der Waals surface area (Å²) in [6.07, 6.45) is 0.924. The highest BCUT2D eigenvalue weighted by Gasteiger charge is 2.36. The Bertz CT molecular complexity index is 388. The number of hydrogen-bond acceptors (Lipinski definition) is 4. The lowest BCUT2D eigenvalue weighted by molar-refractivity contribution is -0.143. The van der Waals surface area contributed by atoms with Gasteiger partial charge < -0.3 is 9.63 Å². The number of carbonyl (C=O) groups is 1. The van der Waals surface area contributed by atoms with E-state index in [0.717, 1.165) is 24.4 Å². The van der Waals surface area contributed by atoms with Crippen molar-refractivity contribution < 1.29 is 14.4 Å². The third-order valence-corrected chi connectivity index (χ3v) is 3.10. The Kier molecular flexibility index (Phi) is 2.96. The molecule has 1 fully saturated rings. The first kappa shape index (κ1) is 11.1. The van der Waals surface area contributed by atoms with Crippen LogP contribution in [-0.4, -0.2) is 33.7 Å². The van der Waals surface area contributed by atoms with E-state index in [-0.39, 0.29) is 5.92 Å². The van der Waals surface area contributed by atoms with Crippen molar-refractivity contribution in [2.75, 3.05) is 6.54 Å². The predicted molar refractivity (Wildman–Crippen MR) is 56.9 cm³/mol. The van der Waals surface area contributed by atoms with Crippen LogP contribution in [0.25, 0.3) is 0 Å². The summed E-state index contributed by atoms with van der Waals surface area (Å²) in [7, 11) is 0. The monoisotopic (exact) mass is 224 g/mol. The largest absolute Gasteiger partial charge is 0.480 e. The van der Waals surface area contributed by atoms with Crippen molar-refractivity contribution in [1.82, 2.24) is 10.1 Å². The van der Waals surface area contributed by atoms with Crippen molar-refractivity contribution in [2.24, 2.45) is 5.92 Å². The third kappa shape index (κ3) is 2.09. The van der Waals surface area contributed by atoms with Gasteiger partial charge in [0, 0.05) is 12.6 Å². The van der Waals surface area contributed by atoms with Crippen molar-refractivity contribution in [3.05, 3.63) is 17.5 Å². The fourth-order valence-electron chi connectivity index (χ4n) is 2.30. The van der Waals surface area contributed by atoms with Gasteiger partial charge in [0.15, 0.2) is 0 Å². The van der Waals surface area contributed by atoms with Crippen molar-refractivity contribution in [1.29, 1.82) is 0 Å². The molecule has 2 heterocycles. The third-order valence-electron chi connectivity index (χ3n) is 3.10. The molecule has 0 saturated carbocycles. The van der Waals surface area contributed by atoms with Gasteiger partial charge in [0.1, 0.15) is 11.8 Å². The summed E-state index contributed by atoms with van der Waals surface area (Å²) in [6.45, 7) is 5.17. The zero-order chi connectivity index (χ0) is 11.7. The molecular formula is C11H16N2O3. The van der Waals surface area contributed by atoms with Crippen LogP contribution < -0.4 is 0 Å². The summed E-state index contributed by atoms with van der Waals surface area (Å²) in [5.41, 5.74) is 0.804. The second-order valence-electron chi connectivity index (χ2n) is 4.45. The van der Waals surface area contributed by atoms with E-state index in [1.165, 1.54) is 0 Å². The predicted octanol–water partition coefficient (Wildman–Crippen LogP) is 1.28. The molecule has 16 heavy (non-hydrogen) atoms. The molecule has 0 spiro atoms. The first-order valence-corrected chi connectivity index (χ1v) is 5.47. The van der Waals surface area contributed by atoms with Crippen LogP contribution in [0, 0.1) is 12.8 Å². The summed E-state index contributed by atoms with van der Waals surface area (Å²) < 4.78 is 4.97. The van der Waals surface area contributed by atoms with Gasteiger partial charge in [0.25, 0.3) is 0 Å². The van der Waals surface area contributed by atoms with Crippen LogP contribution in [0.15, 0.2) is 10.6 Å². The molecule has 1 aromatic rings. The number of aromatic nitrogens is 1. The Morgan fingerprint density at radius 1 is 1.75 bits per heavy atom. The molecule has 88 valence electrons. The molecule has 2 atom stereocenters. The van der Waals surface area contributed by atoms with E-state index < -0.39 is 12.0 Å². The quantitative estimate of drug-likeness (QED) is 0.837. The Hall–Kier alpha value is -1.36. The van der Waals surface area contributed by atoms with Crippen molar-refractivity contribution in [2.45, 2.75) is 32.9 Å². The second kappa shape index (κ2) is 4.25. The number of carboxylic acids is 1. The molecule has 2 unspecified atom stereocenters. The van der Waals surface area contributed by atoms with Gasteiger partial charge in [-0.25, -0.2) is 0 Å². The fraction of sp³-hybridized carbons (Fsp3) is 0.636. The van der Waals surface area contributed by atoms with E-state index in [1.807, 2.05) is 24.8 Å². The van der Waals surface area contributed by atoms with Gasteiger partial charge in [0.05, 0.1) is 5.69 Å². The maximum Gasteiger partial charge on any atom is 0.321 e. The topological polar surface area (TPSA) is 66.6 Å². The SMILES string of the molecule is Cc1cc(CN2CCC(C)C2C(=O)O)no1. The van der Waals surface area contributed by atoms with Crippen LogP contribution in [0.5, 0.6) is 0 Å². The number of nitrogens with zero attached hydrogens (tertiary/aromatic N) is 2. The Balaban J connectivity index is 2.07. The molecule has 0 amide bonds. The highest BCUT2D eigenvalue weighted by Crippen LogP contribution is 2.25. The molecule has 1 aliphatic heterocycles. The Labute approximate surface area is 94.0 Å². The maximum absolute atomic E-state index is 11.1. The lowest BCUT2D eigenvalue weighted by Gasteiger charge is -2.21. The summed E-state index contributed by atoms with van der Waals surface area (Å²) >= 11 is 0. The van der Waals surface area contributed by atoms with Gasteiger partial charge in [-0.15, -0.1) is 0 Å². The van der Waals surface area contributed by atoms with Gasteiger partial charge in [-0.05, 0) is 25.8 Å². The number of likely N-dealkylation sites (tertiary alicyclic amines) is 1. The smallest absolute Gasteiger partial charge is 0.321 e. The molecule has 1 saturated heterocycles. The van der Waals surface area contributed by atoms with Crippen molar-refractivity contribution in [3.63, 3.8) is 0 Å². The number of carboxylic acid groups (broad SMARTS) is 1. The van der Waals surface area contributed by atoms with Crippen LogP contribution in [0.3, 0.4) is 0 Å². The van der Waals surface area contributed by atoms with E-state index in [0.29, 0.717) is 6.54 Å².